The van der Waals surface area contributed by atoms with Gasteiger partial charge >= 0.3 is 0 Å². The number of carbonyl (C=O) groups is 1. The van der Waals surface area contributed by atoms with Crippen LogP contribution in [0.15, 0.2) is 29.4 Å². The maximum absolute atomic E-state index is 12.4. The molecule has 2 heterocycles. The topological polar surface area (TPSA) is 59.3 Å². The summed E-state index contributed by atoms with van der Waals surface area (Å²) < 4.78 is 0. The van der Waals surface area contributed by atoms with E-state index in [9.17, 15) is 4.79 Å². The molecule has 0 spiro atoms. The summed E-state index contributed by atoms with van der Waals surface area (Å²) in [4.78, 5) is 23.1. The fraction of sp³-hybridized carbons (Fsp3) is 0.500. The number of hydrogen-bond donors (Lipinski definition) is 2. The van der Waals surface area contributed by atoms with Crippen LogP contribution in [0.5, 0.6) is 0 Å². The van der Waals surface area contributed by atoms with Crippen molar-refractivity contribution in [1.82, 2.24) is 15.3 Å². The van der Waals surface area contributed by atoms with E-state index in [1.807, 2.05) is 20.1 Å². The number of thioether (sulfide) groups is 1. The molecule has 28 heavy (non-hydrogen) atoms. The van der Waals surface area contributed by atoms with Gasteiger partial charge in [-0.15, -0.1) is 0 Å². The van der Waals surface area contributed by atoms with Crippen LogP contribution in [0.4, 0.5) is 0 Å². The second-order valence-corrected chi connectivity index (χ2v) is 8.31. The lowest BCUT2D eigenvalue weighted by Gasteiger charge is -2.15. The summed E-state index contributed by atoms with van der Waals surface area (Å²) in [7, 11) is 0. The standard InChI is InChI=1S/C22H30N4OS/c1-16-20(17(2)25-22(24-16)28-3)10-11-21(27)23-14-18-8-4-5-9-19(18)15-26-12-6-7-13-26/h4-5,8-9H,6-7,10-15H2,1-3H3,(H,23,27)/p+1. The van der Waals surface area contributed by atoms with Gasteiger partial charge in [-0.1, -0.05) is 36.0 Å². The molecular formula is C22H31N4OS+. The third-order valence-electron chi connectivity index (χ3n) is 5.53. The maximum atomic E-state index is 12.4. The van der Waals surface area contributed by atoms with Crippen molar-refractivity contribution in [3.8, 4) is 0 Å². The van der Waals surface area contributed by atoms with Crippen molar-refractivity contribution in [3.05, 3.63) is 52.3 Å². The van der Waals surface area contributed by atoms with Crippen LogP contribution in [0.2, 0.25) is 0 Å². The Bertz CT molecular complexity index is 795. The molecule has 0 aliphatic carbocycles. The summed E-state index contributed by atoms with van der Waals surface area (Å²) >= 11 is 1.55. The van der Waals surface area contributed by atoms with E-state index in [0.29, 0.717) is 19.4 Å². The largest absolute Gasteiger partial charge is 0.352 e. The molecule has 1 saturated heterocycles. The van der Waals surface area contributed by atoms with Gasteiger partial charge in [-0.2, -0.15) is 0 Å². The fourth-order valence-electron chi connectivity index (χ4n) is 3.91. The van der Waals surface area contributed by atoms with Gasteiger partial charge in [-0.05, 0) is 37.7 Å². The van der Waals surface area contributed by atoms with Crippen molar-refractivity contribution in [2.75, 3.05) is 19.3 Å². The lowest BCUT2D eigenvalue weighted by molar-refractivity contribution is -0.901. The SMILES string of the molecule is CSc1nc(C)c(CCC(=O)NCc2ccccc2C[NH+]2CCCC2)c(C)n1. The van der Waals surface area contributed by atoms with Gasteiger partial charge in [0, 0.05) is 42.8 Å². The highest BCUT2D eigenvalue weighted by Crippen LogP contribution is 2.17. The Morgan fingerprint density at radius 1 is 1.11 bits per heavy atom. The zero-order valence-electron chi connectivity index (χ0n) is 17.2. The Kier molecular flexibility index (Phi) is 7.45. The molecule has 0 radical (unpaired) electrons. The van der Waals surface area contributed by atoms with Gasteiger partial charge in [-0.3, -0.25) is 4.79 Å². The zero-order valence-corrected chi connectivity index (χ0v) is 18.0. The van der Waals surface area contributed by atoms with E-state index in [-0.39, 0.29) is 5.91 Å². The normalized spacial score (nSPS) is 14.4. The second kappa shape index (κ2) is 10.0. The van der Waals surface area contributed by atoms with Crippen molar-refractivity contribution in [2.24, 2.45) is 0 Å². The molecule has 5 nitrogen and oxygen atoms in total. The summed E-state index contributed by atoms with van der Waals surface area (Å²) in [5.74, 6) is 0.0797. The van der Waals surface area contributed by atoms with Crippen LogP contribution in [-0.4, -0.2) is 35.2 Å². The second-order valence-electron chi connectivity index (χ2n) is 7.54. The van der Waals surface area contributed by atoms with Gasteiger partial charge in [0.05, 0.1) is 13.1 Å². The van der Waals surface area contributed by atoms with Crippen molar-refractivity contribution < 1.29 is 9.69 Å². The molecule has 0 atom stereocenters. The Hall–Kier alpha value is -1.92. The summed E-state index contributed by atoms with van der Waals surface area (Å²) in [6.45, 7) is 8.18. The summed E-state index contributed by atoms with van der Waals surface area (Å²) in [6, 6.07) is 8.49. The molecular weight excluding hydrogens is 368 g/mol. The van der Waals surface area contributed by atoms with Gasteiger partial charge < -0.3 is 10.2 Å². The molecule has 150 valence electrons. The number of amides is 1. The first-order valence-electron chi connectivity index (χ1n) is 10.1. The summed E-state index contributed by atoms with van der Waals surface area (Å²) in [5, 5.41) is 3.89. The molecule has 2 aromatic rings. The monoisotopic (exact) mass is 399 g/mol. The highest BCUT2D eigenvalue weighted by atomic mass is 32.2. The number of hydrogen-bond acceptors (Lipinski definition) is 4. The molecule has 1 fully saturated rings. The number of aromatic nitrogens is 2. The van der Waals surface area contributed by atoms with Crippen molar-refractivity contribution in [3.63, 3.8) is 0 Å². The molecule has 1 aromatic carbocycles. The molecule has 3 rings (SSSR count). The number of quaternary nitrogens is 1. The first-order chi connectivity index (χ1) is 13.6. The Morgan fingerprint density at radius 2 is 1.75 bits per heavy atom. The molecule has 0 saturated carbocycles. The van der Waals surface area contributed by atoms with E-state index in [1.165, 1.54) is 37.1 Å². The lowest BCUT2D eigenvalue weighted by atomic mass is 10.1. The van der Waals surface area contributed by atoms with E-state index < -0.39 is 0 Å². The van der Waals surface area contributed by atoms with E-state index in [0.717, 1.165) is 28.7 Å². The van der Waals surface area contributed by atoms with E-state index >= 15 is 0 Å². The van der Waals surface area contributed by atoms with Crippen molar-refractivity contribution in [1.29, 1.82) is 0 Å². The van der Waals surface area contributed by atoms with Gasteiger partial charge in [0.15, 0.2) is 5.16 Å². The predicted octanol–water partition coefficient (Wildman–Crippen LogP) is 2.24. The van der Waals surface area contributed by atoms with Crippen LogP contribution in [0.3, 0.4) is 0 Å². The van der Waals surface area contributed by atoms with Crippen molar-refractivity contribution in [2.45, 2.75) is 57.8 Å². The minimum atomic E-state index is 0.0797. The molecule has 1 aliphatic rings. The van der Waals surface area contributed by atoms with Crippen LogP contribution in [0, 0.1) is 13.8 Å². The first kappa shape index (κ1) is 20.8. The Labute approximate surface area is 172 Å². The minimum absolute atomic E-state index is 0.0797. The van der Waals surface area contributed by atoms with Crippen LogP contribution < -0.4 is 10.2 Å². The zero-order chi connectivity index (χ0) is 19.9. The number of rotatable bonds is 8. The highest BCUT2D eigenvalue weighted by molar-refractivity contribution is 7.98. The van der Waals surface area contributed by atoms with E-state index in [1.54, 1.807) is 16.7 Å². The smallest absolute Gasteiger partial charge is 0.220 e. The average molecular weight is 400 g/mol. The molecule has 1 aliphatic heterocycles. The lowest BCUT2D eigenvalue weighted by Crippen LogP contribution is -3.08. The maximum Gasteiger partial charge on any atom is 0.220 e. The van der Waals surface area contributed by atoms with E-state index in [4.69, 9.17) is 0 Å². The number of nitrogens with zero attached hydrogens (tertiary/aromatic N) is 2. The molecule has 0 unspecified atom stereocenters. The highest BCUT2D eigenvalue weighted by Gasteiger charge is 2.17. The quantitative estimate of drug-likeness (QED) is 0.528. The first-order valence-corrected chi connectivity index (χ1v) is 11.3. The average Bonchev–Trinajstić information content (AvgIpc) is 3.19. The van der Waals surface area contributed by atoms with Gasteiger partial charge in [-0.25, -0.2) is 9.97 Å². The number of nitrogens with one attached hydrogen (secondary N) is 2. The molecule has 0 bridgehead atoms. The van der Waals surface area contributed by atoms with Gasteiger partial charge in [0.25, 0.3) is 0 Å². The minimum Gasteiger partial charge on any atom is -0.352 e. The number of aryl methyl sites for hydroxylation is 2. The number of benzene rings is 1. The van der Waals surface area contributed by atoms with Crippen molar-refractivity contribution >= 4 is 17.7 Å². The third-order valence-corrected chi connectivity index (χ3v) is 6.08. The Morgan fingerprint density at radius 3 is 2.39 bits per heavy atom. The summed E-state index contributed by atoms with van der Waals surface area (Å²) in [5.41, 5.74) is 5.63. The molecule has 2 N–H and O–H groups in total. The van der Waals surface area contributed by atoms with Crippen LogP contribution in [-0.2, 0) is 24.3 Å². The van der Waals surface area contributed by atoms with Gasteiger partial charge in [0.2, 0.25) is 5.91 Å². The van der Waals surface area contributed by atoms with Crippen LogP contribution >= 0.6 is 11.8 Å². The van der Waals surface area contributed by atoms with Crippen LogP contribution in [0.25, 0.3) is 0 Å². The Balaban J connectivity index is 1.54. The predicted molar refractivity (Wildman–Crippen MR) is 114 cm³/mol. The van der Waals surface area contributed by atoms with E-state index in [2.05, 4.69) is 39.6 Å². The number of likely N-dealkylation sites (tertiary alicyclic amines) is 1. The third kappa shape index (κ3) is 5.55. The molecule has 1 aromatic heterocycles. The molecule has 1 amide bonds. The summed E-state index contributed by atoms with van der Waals surface area (Å²) in [6.07, 6.45) is 5.77. The number of carbonyl (C=O) groups excluding carboxylic acids is 1. The fourth-order valence-corrected chi connectivity index (χ4v) is 4.36. The van der Waals surface area contributed by atoms with Crippen LogP contribution in [0.1, 0.15) is 47.3 Å². The molecule has 6 heteroatoms. The van der Waals surface area contributed by atoms with Gasteiger partial charge in [0.1, 0.15) is 6.54 Å².